The van der Waals surface area contributed by atoms with Gasteiger partial charge in [-0.25, -0.2) is 9.31 Å². The number of nitrogens with zero attached hydrogens (tertiary/aromatic N) is 2. The number of pyridine rings is 1. The minimum Gasteiger partial charge on any atom is -0.494 e. The van der Waals surface area contributed by atoms with E-state index in [2.05, 4.69) is 31.7 Å². The van der Waals surface area contributed by atoms with Crippen molar-refractivity contribution in [1.29, 1.82) is 0 Å². The molecule has 0 atom stereocenters. The van der Waals surface area contributed by atoms with Crippen LogP contribution in [0.2, 0.25) is 0 Å². The number of urea groups is 1. The van der Waals surface area contributed by atoms with Crippen LogP contribution in [0.4, 0.5) is 10.5 Å². The number of aromatic nitrogens is 2. The number of hydrogen-bond acceptors (Lipinski definition) is 3. The fourth-order valence-electron chi connectivity index (χ4n) is 1.49. The standard InChI is InChI=1S/C10H11BrN4O2/c1-12-10(16)14-7-4-13-15-5-6(11)3-8(17-2)9(7)15/h3-5H,1-2H3,(H2,12,14,16). The zero-order chi connectivity index (χ0) is 12.4. The Kier molecular flexibility index (Phi) is 3.19. The summed E-state index contributed by atoms with van der Waals surface area (Å²) in [5.74, 6) is 0.628. The number of halogens is 1. The van der Waals surface area contributed by atoms with Crippen LogP contribution in [0.3, 0.4) is 0 Å². The average molecular weight is 299 g/mol. The van der Waals surface area contributed by atoms with Crippen LogP contribution in [-0.2, 0) is 0 Å². The van der Waals surface area contributed by atoms with Gasteiger partial charge in [0.25, 0.3) is 0 Å². The van der Waals surface area contributed by atoms with E-state index in [0.29, 0.717) is 17.0 Å². The molecule has 0 aliphatic heterocycles. The van der Waals surface area contributed by atoms with Gasteiger partial charge in [0.05, 0.1) is 19.0 Å². The monoisotopic (exact) mass is 298 g/mol. The summed E-state index contributed by atoms with van der Waals surface area (Å²) in [6.07, 6.45) is 3.35. The van der Waals surface area contributed by atoms with Gasteiger partial charge in [-0.05, 0) is 22.0 Å². The summed E-state index contributed by atoms with van der Waals surface area (Å²) < 4.78 is 7.74. The maximum Gasteiger partial charge on any atom is 0.319 e. The molecule has 2 heterocycles. The lowest BCUT2D eigenvalue weighted by atomic mass is 10.3. The number of carbonyl (C=O) groups is 1. The Labute approximate surface area is 106 Å². The van der Waals surface area contributed by atoms with E-state index in [4.69, 9.17) is 4.74 Å². The minimum absolute atomic E-state index is 0.301. The summed E-state index contributed by atoms with van der Waals surface area (Å²) in [6.45, 7) is 0. The van der Waals surface area contributed by atoms with Crippen LogP contribution in [0.5, 0.6) is 5.75 Å². The van der Waals surface area contributed by atoms with Gasteiger partial charge in [0.15, 0.2) is 0 Å². The zero-order valence-corrected chi connectivity index (χ0v) is 10.9. The lowest BCUT2D eigenvalue weighted by Gasteiger charge is -2.07. The number of methoxy groups -OCH3 is 1. The first-order valence-electron chi connectivity index (χ1n) is 4.85. The molecule has 0 spiro atoms. The van der Waals surface area contributed by atoms with Crippen molar-refractivity contribution < 1.29 is 9.53 Å². The molecule has 0 bridgehead atoms. The Hall–Kier alpha value is -1.76. The maximum absolute atomic E-state index is 11.3. The number of amides is 2. The largest absolute Gasteiger partial charge is 0.494 e. The molecule has 0 aliphatic carbocycles. The van der Waals surface area contributed by atoms with Crippen molar-refractivity contribution in [3.05, 3.63) is 22.9 Å². The van der Waals surface area contributed by atoms with Gasteiger partial charge in [-0.1, -0.05) is 0 Å². The van der Waals surface area contributed by atoms with E-state index in [-0.39, 0.29) is 6.03 Å². The van der Waals surface area contributed by atoms with Gasteiger partial charge in [-0.15, -0.1) is 0 Å². The number of fused-ring (bicyclic) bond motifs is 1. The van der Waals surface area contributed by atoms with E-state index in [9.17, 15) is 4.79 Å². The molecule has 2 N–H and O–H groups in total. The Bertz CT molecular complexity index is 567. The average Bonchev–Trinajstić information content (AvgIpc) is 2.71. The van der Waals surface area contributed by atoms with Gasteiger partial charge in [0.1, 0.15) is 11.3 Å². The third-order valence-electron chi connectivity index (χ3n) is 2.24. The third-order valence-corrected chi connectivity index (χ3v) is 2.67. The molecular formula is C10H11BrN4O2. The first-order valence-corrected chi connectivity index (χ1v) is 5.64. The first kappa shape index (κ1) is 11.7. The Morgan fingerprint density at radius 3 is 3.00 bits per heavy atom. The van der Waals surface area contributed by atoms with Gasteiger partial charge < -0.3 is 15.4 Å². The molecular weight excluding hydrogens is 288 g/mol. The summed E-state index contributed by atoms with van der Waals surface area (Å²) in [5.41, 5.74) is 1.30. The molecule has 2 aromatic heterocycles. The summed E-state index contributed by atoms with van der Waals surface area (Å²) in [7, 11) is 3.12. The molecule has 6 nitrogen and oxygen atoms in total. The molecule has 0 saturated heterocycles. The van der Waals surface area contributed by atoms with Crippen LogP contribution >= 0.6 is 15.9 Å². The maximum atomic E-state index is 11.3. The molecule has 2 rings (SSSR count). The van der Waals surface area contributed by atoms with Crippen molar-refractivity contribution in [2.45, 2.75) is 0 Å². The Balaban J connectivity index is 2.54. The Morgan fingerprint density at radius 1 is 1.59 bits per heavy atom. The molecule has 2 aromatic rings. The second-order valence-corrected chi connectivity index (χ2v) is 4.20. The quantitative estimate of drug-likeness (QED) is 0.889. The van der Waals surface area contributed by atoms with Gasteiger partial charge in [0.2, 0.25) is 0 Å². The molecule has 0 radical (unpaired) electrons. The van der Waals surface area contributed by atoms with E-state index in [0.717, 1.165) is 4.47 Å². The molecule has 0 unspecified atom stereocenters. The fraction of sp³-hybridized carbons (Fsp3) is 0.200. The van der Waals surface area contributed by atoms with Crippen LogP contribution in [0.25, 0.3) is 5.52 Å². The Morgan fingerprint density at radius 2 is 2.35 bits per heavy atom. The molecule has 17 heavy (non-hydrogen) atoms. The lowest BCUT2D eigenvalue weighted by Crippen LogP contribution is -2.24. The van der Waals surface area contributed by atoms with Gasteiger partial charge >= 0.3 is 6.03 Å². The molecule has 90 valence electrons. The first-order chi connectivity index (χ1) is 8.15. The number of carbonyl (C=O) groups excluding carboxylic acids is 1. The molecule has 0 fully saturated rings. The van der Waals surface area contributed by atoms with Gasteiger partial charge in [0, 0.05) is 17.7 Å². The highest BCUT2D eigenvalue weighted by Gasteiger charge is 2.12. The normalized spacial score (nSPS) is 10.3. The molecule has 7 heteroatoms. The van der Waals surface area contributed by atoms with Crippen LogP contribution in [0, 0.1) is 0 Å². The van der Waals surface area contributed by atoms with Crippen molar-refractivity contribution in [3.63, 3.8) is 0 Å². The number of anilines is 1. The SMILES string of the molecule is CNC(=O)Nc1cnn2cc(Br)cc(OC)c12. The van der Waals surface area contributed by atoms with Crippen molar-refractivity contribution in [2.24, 2.45) is 0 Å². The predicted molar refractivity (Wildman–Crippen MR) is 67.5 cm³/mol. The highest BCUT2D eigenvalue weighted by Crippen LogP contribution is 2.29. The number of nitrogens with one attached hydrogen (secondary N) is 2. The van der Waals surface area contributed by atoms with E-state index >= 15 is 0 Å². The molecule has 0 aromatic carbocycles. The fourth-order valence-corrected chi connectivity index (χ4v) is 1.89. The number of hydrogen-bond donors (Lipinski definition) is 2. The van der Waals surface area contributed by atoms with E-state index in [1.807, 2.05) is 6.07 Å². The van der Waals surface area contributed by atoms with Crippen LogP contribution < -0.4 is 15.4 Å². The summed E-state index contributed by atoms with van der Waals surface area (Å²) in [4.78, 5) is 11.3. The summed E-state index contributed by atoms with van der Waals surface area (Å²) in [6, 6.07) is 1.51. The van der Waals surface area contributed by atoms with Crippen molar-refractivity contribution >= 4 is 33.2 Å². The topological polar surface area (TPSA) is 67.7 Å². The van der Waals surface area contributed by atoms with Crippen molar-refractivity contribution in [1.82, 2.24) is 14.9 Å². The minimum atomic E-state index is -0.301. The van der Waals surface area contributed by atoms with Crippen LogP contribution in [0.1, 0.15) is 0 Å². The van der Waals surface area contributed by atoms with Crippen molar-refractivity contribution in [3.8, 4) is 5.75 Å². The third kappa shape index (κ3) is 2.19. The van der Waals surface area contributed by atoms with E-state index in [1.54, 1.807) is 31.1 Å². The van der Waals surface area contributed by atoms with Gasteiger partial charge in [-0.2, -0.15) is 5.10 Å². The zero-order valence-electron chi connectivity index (χ0n) is 9.32. The van der Waals surface area contributed by atoms with Crippen molar-refractivity contribution in [2.75, 3.05) is 19.5 Å². The summed E-state index contributed by atoms with van der Waals surface area (Å²) >= 11 is 3.36. The highest BCUT2D eigenvalue weighted by molar-refractivity contribution is 9.10. The van der Waals surface area contributed by atoms with Crippen LogP contribution in [-0.4, -0.2) is 29.8 Å². The predicted octanol–water partition coefficient (Wildman–Crippen LogP) is 1.86. The van der Waals surface area contributed by atoms with Gasteiger partial charge in [-0.3, -0.25) is 0 Å². The van der Waals surface area contributed by atoms with Crippen LogP contribution in [0.15, 0.2) is 22.9 Å². The van der Waals surface area contributed by atoms with E-state index in [1.165, 1.54) is 0 Å². The molecule has 0 aliphatic rings. The lowest BCUT2D eigenvalue weighted by molar-refractivity contribution is 0.254. The molecule has 2 amide bonds. The second-order valence-electron chi connectivity index (χ2n) is 3.28. The number of rotatable bonds is 2. The molecule has 0 saturated carbocycles. The second kappa shape index (κ2) is 4.62. The summed E-state index contributed by atoms with van der Waals surface area (Å²) in [5, 5.41) is 9.30. The number of ether oxygens (including phenoxy) is 1. The van der Waals surface area contributed by atoms with E-state index < -0.39 is 0 Å². The highest BCUT2D eigenvalue weighted by atomic mass is 79.9. The smallest absolute Gasteiger partial charge is 0.319 e.